The van der Waals surface area contributed by atoms with E-state index in [-0.39, 0.29) is 5.91 Å². The normalized spacial score (nSPS) is 15.0. The molecule has 4 rings (SSSR count). The van der Waals surface area contributed by atoms with Crippen molar-refractivity contribution in [2.45, 2.75) is 32.6 Å². The molecular formula is C21H24N4O. The average Bonchev–Trinajstić information content (AvgIpc) is 2.87. The molecule has 1 amide bonds. The Balaban J connectivity index is 1.46. The maximum Gasteiger partial charge on any atom is 0.275 e. The second kappa shape index (κ2) is 7.20. The second-order valence-electron chi connectivity index (χ2n) is 7.00. The van der Waals surface area contributed by atoms with Gasteiger partial charge in [-0.1, -0.05) is 12.8 Å². The molecule has 1 N–H and O–H groups in total. The minimum atomic E-state index is -0.186. The van der Waals surface area contributed by atoms with Gasteiger partial charge in [-0.05, 0) is 61.7 Å². The number of aryl methyl sites for hydroxylation is 1. The van der Waals surface area contributed by atoms with Gasteiger partial charge in [-0.3, -0.25) is 4.79 Å². The number of aromatic nitrogens is 2. The van der Waals surface area contributed by atoms with Crippen molar-refractivity contribution in [3.63, 3.8) is 0 Å². The first-order chi connectivity index (χ1) is 12.7. The lowest BCUT2D eigenvalue weighted by Gasteiger charge is -2.22. The highest BCUT2D eigenvalue weighted by atomic mass is 16.1. The lowest BCUT2D eigenvalue weighted by Crippen LogP contribution is -2.23. The van der Waals surface area contributed by atoms with E-state index in [1.54, 1.807) is 6.20 Å². The van der Waals surface area contributed by atoms with Crippen molar-refractivity contribution >= 4 is 22.9 Å². The Kier molecular flexibility index (Phi) is 4.61. The summed E-state index contributed by atoms with van der Waals surface area (Å²) < 4.78 is 1.87. The van der Waals surface area contributed by atoms with Crippen LogP contribution in [0.3, 0.4) is 0 Å². The van der Waals surface area contributed by atoms with Crippen LogP contribution in [0.4, 0.5) is 11.4 Å². The smallest absolute Gasteiger partial charge is 0.275 e. The lowest BCUT2D eigenvalue weighted by atomic mass is 10.2. The molecule has 26 heavy (non-hydrogen) atoms. The van der Waals surface area contributed by atoms with Crippen LogP contribution in [0.1, 0.15) is 41.7 Å². The summed E-state index contributed by atoms with van der Waals surface area (Å²) >= 11 is 0. The first-order valence-corrected chi connectivity index (χ1v) is 9.31. The van der Waals surface area contributed by atoms with Crippen LogP contribution in [-0.4, -0.2) is 28.4 Å². The fraction of sp³-hybridized carbons (Fsp3) is 0.333. The van der Waals surface area contributed by atoms with Crippen LogP contribution in [0.25, 0.3) is 5.65 Å². The number of rotatable bonds is 3. The maximum absolute atomic E-state index is 12.5. The third-order valence-corrected chi connectivity index (χ3v) is 4.94. The molecule has 5 heteroatoms. The minimum absolute atomic E-state index is 0.186. The summed E-state index contributed by atoms with van der Waals surface area (Å²) in [7, 11) is 0. The highest BCUT2D eigenvalue weighted by Crippen LogP contribution is 2.22. The number of hydrogen-bond donors (Lipinski definition) is 1. The molecule has 3 heterocycles. The summed E-state index contributed by atoms with van der Waals surface area (Å²) in [5.41, 5.74) is 4.35. The summed E-state index contributed by atoms with van der Waals surface area (Å²) in [5, 5.41) is 2.94. The number of benzene rings is 1. The predicted molar refractivity (Wildman–Crippen MR) is 105 cm³/mol. The molecule has 134 valence electrons. The fourth-order valence-electron chi connectivity index (χ4n) is 3.47. The monoisotopic (exact) mass is 348 g/mol. The quantitative estimate of drug-likeness (QED) is 0.769. The van der Waals surface area contributed by atoms with E-state index in [4.69, 9.17) is 0 Å². The highest BCUT2D eigenvalue weighted by Gasteiger charge is 2.13. The lowest BCUT2D eigenvalue weighted by molar-refractivity contribution is 0.102. The topological polar surface area (TPSA) is 49.6 Å². The van der Waals surface area contributed by atoms with Gasteiger partial charge in [-0.2, -0.15) is 0 Å². The summed E-state index contributed by atoms with van der Waals surface area (Å²) in [4.78, 5) is 19.4. The van der Waals surface area contributed by atoms with Crippen LogP contribution >= 0.6 is 0 Å². The zero-order valence-corrected chi connectivity index (χ0v) is 15.1. The Morgan fingerprint density at radius 1 is 1.04 bits per heavy atom. The highest BCUT2D eigenvalue weighted by molar-refractivity contribution is 6.03. The van der Waals surface area contributed by atoms with Crippen molar-refractivity contribution in [2.75, 3.05) is 23.3 Å². The van der Waals surface area contributed by atoms with E-state index in [0.717, 1.165) is 30.0 Å². The fourth-order valence-corrected chi connectivity index (χ4v) is 3.47. The van der Waals surface area contributed by atoms with Gasteiger partial charge in [-0.25, -0.2) is 4.98 Å². The molecule has 5 nitrogen and oxygen atoms in total. The van der Waals surface area contributed by atoms with E-state index in [9.17, 15) is 4.79 Å². The average molecular weight is 348 g/mol. The zero-order chi connectivity index (χ0) is 17.9. The van der Waals surface area contributed by atoms with Gasteiger partial charge in [0.25, 0.3) is 5.91 Å². The molecule has 0 spiro atoms. The molecule has 1 aliphatic heterocycles. The largest absolute Gasteiger partial charge is 0.372 e. The van der Waals surface area contributed by atoms with Crippen molar-refractivity contribution in [1.29, 1.82) is 0 Å². The number of anilines is 2. The Labute approximate surface area is 153 Å². The van der Waals surface area contributed by atoms with Gasteiger partial charge in [0.2, 0.25) is 0 Å². The van der Waals surface area contributed by atoms with E-state index in [1.165, 1.54) is 31.4 Å². The second-order valence-corrected chi connectivity index (χ2v) is 7.00. The molecular weight excluding hydrogens is 324 g/mol. The van der Waals surface area contributed by atoms with E-state index in [0.29, 0.717) is 5.69 Å². The van der Waals surface area contributed by atoms with E-state index >= 15 is 0 Å². The number of carbonyl (C=O) groups excluding carboxylic acids is 1. The Morgan fingerprint density at radius 2 is 1.77 bits per heavy atom. The third kappa shape index (κ3) is 3.57. The van der Waals surface area contributed by atoms with Crippen LogP contribution < -0.4 is 10.2 Å². The molecule has 0 unspecified atom stereocenters. The molecule has 2 aromatic heterocycles. The molecule has 0 atom stereocenters. The summed E-state index contributed by atoms with van der Waals surface area (Å²) in [5.74, 6) is -0.186. The number of pyridine rings is 1. The number of nitrogens with zero attached hydrogens (tertiary/aromatic N) is 3. The first kappa shape index (κ1) is 16.6. The maximum atomic E-state index is 12.5. The van der Waals surface area contributed by atoms with Gasteiger partial charge in [0.05, 0.1) is 0 Å². The molecule has 1 fully saturated rings. The van der Waals surface area contributed by atoms with Gasteiger partial charge >= 0.3 is 0 Å². The van der Waals surface area contributed by atoms with Crippen molar-refractivity contribution in [3.8, 4) is 0 Å². The number of imidazole rings is 1. The summed E-state index contributed by atoms with van der Waals surface area (Å²) in [6, 6.07) is 12.1. The molecule has 0 saturated carbocycles. The number of hydrogen-bond acceptors (Lipinski definition) is 3. The number of carbonyl (C=O) groups is 1. The number of amides is 1. The van der Waals surface area contributed by atoms with Gasteiger partial charge in [0.15, 0.2) is 0 Å². The van der Waals surface area contributed by atoms with E-state index < -0.39 is 0 Å². The minimum Gasteiger partial charge on any atom is -0.372 e. The number of fused-ring (bicyclic) bond motifs is 1. The van der Waals surface area contributed by atoms with Gasteiger partial charge in [0.1, 0.15) is 11.3 Å². The number of nitrogens with one attached hydrogen (secondary N) is 1. The Hall–Kier alpha value is -2.82. The van der Waals surface area contributed by atoms with Crippen molar-refractivity contribution in [3.05, 3.63) is 60.0 Å². The van der Waals surface area contributed by atoms with Gasteiger partial charge in [-0.15, -0.1) is 0 Å². The van der Waals surface area contributed by atoms with Crippen LogP contribution in [0.2, 0.25) is 0 Å². The third-order valence-electron chi connectivity index (χ3n) is 4.94. The molecule has 3 aromatic rings. The van der Waals surface area contributed by atoms with Crippen molar-refractivity contribution < 1.29 is 4.79 Å². The Bertz CT molecular complexity index is 905. The summed E-state index contributed by atoms with van der Waals surface area (Å²) in [6.45, 7) is 4.25. The molecule has 1 saturated heterocycles. The molecule has 0 aliphatic carbocycles. The van der Waals surface area contributed by atoms with E-state index in [1.807, 2.05) is 41.8 Å². The predicted octanol–water partition coefficient (Wildman–Crippen LogP) is 4.28. The van der Waals surface area contributed by atoms with Crippen LogP contribution in [-0.2, 0) is 0 Å². The Morgan fingerprint density at radius 3 is 2.50 bits per heavy atom. The van der Waals surface area contributed by atoms with Crippen LogP contribution in [0.5, 0.6) is 0 Å². The molecule has 1 aliphatic rings. The molecule has 1 aromatic carbocycles. The van der Waals surface area contributed by atoms with E-state index in [2.05, 4.69) is 27.3 Å². The van der Waals surface area contributed by atoms with Crippen molar-refractivity contribution in [2.24, 2.45) is 0 Å². The molecule has 0 radical (unpaired) electrons. The van der Waals surface area contributed by atoms with Gasteiger partial charge < -0.3 is 14.6 Å². The SMILES string of the molecule is Cc1ccn2cc(C(=O)Nc3ccc(N4CCCCCC4)cc3)nc2c1. The molecule has 0 bridgehead atoms. The standard InChI is InChI=1S/C21H24N4O/c1-16-10-13-25-15-19(23-20(25)14-16)21(26)22-17-6-8-18(9-7-17)24-11-4-2-3-5-12-24/h6-10,13-15H,2-5,11-12H2,1H3,(H,22,26). The van der Waals surface area contributed by atoms with Crippen molar-refractivity contribution in [1.82, 2.24) is 9.38 Å². The van der Waals surface area contributed by atoms with Gasteiger partial charge in [0, 0.05) is 36.9 Å². The summed E-state index contributed by atoms with van der Waals surface area (Å²) in [6.07, 6.45) is 8.84. The zero-order valence-electron chi connectivity index (χ0n) is 15.1. The van der Waals surface area contributed by atoms with Crippen LogP contribution in [0.15, 0.2) is 48.8 Å². The first-order valence-electron chi connectivity index (χ1n) is 9.31. The van der Waals surface area contributed by atoms with Crippen LogP contribution in [0, 0.1) is 6.92 Å².